The summed E-state index contributed by atoms with van der Waals surface area (Å²) in [6, 6.07) is 38.6. The predicted molar refractivity (Wildman–Crippen MR) is 168 cm³/mol. The Morgan fingerprint density at radius 3 is 1.43 bits per heavy atom. The summed E-state index contributed by atoms with van der Waals surface area (Å²) in [7, 11) is 3.65. The lowest BCUT2D eigenvalue weighted by molar-refractivity contribution is -0.247. The van der Waals surface area contributed by atoms with Gasteiger partial charge in [-0.3, -0.25) is 4.84 Å². The Bertz CT molecular complexity index is 1400. The van der Waals surface area contributed by atoms with Crippen molar-refractivity contribution in [2.75, 3.05) is 20.8 Å². The topological polar surface area (TPSA) is 58.6 Å². The number of ether oxygens (including phenoxy) is 5. The zero-order valence-electron chi connectivity index (χ0n) is 25.4. The second-order valence-corrected chi connectivity index (χ2v) is 11.4. The van der Waals surface area contributed by atoms with Gasteiger partial charge in [-0.15, -0.1) is 0 Å². The summed E-state index contributed by atoms with van der Waals surface area (Å²) in [5.41, 5.74) is 4.34. The highest BCUT2D eigenvalue weighted by molar-refractivity contribution is 5.27. The number of hydroxylamine groups is 2. The van der Waals surface area contributed by atoms with E-state index in [4.69, 9.17) is 28.5 Å². The molecule has 1 aliphatic carbocycles. The van der Waals surface area contributed by atoms with Gasteiger partial charge in [-0.05, 0) is 34.4 Å². The fourth-order valence-electron chi connectivity index (χ4n) is 6.22. The quantitative estimate of drug-likeness (QED) is 0.182. The van der Waals surface area contributed by atoms with Crippen molar-refractivity contribution in [1.29, 1.82) is 0 Å². The third-order valence-corrected chi connectivity index (χ3v) is 8.52. The SMILES string of the molecule is COc1ccc(CO[C@@H]2[C@@H](OCc3ccccc3)[C@H](OCc3ccccc3)[C@@H](OCc3ccccc3)[C@@H]3CON(C)[C@H]32)cc1. The van der Waals surface area contributed by atoms with Crippen molar-refractivity contribution in [2.45, 2.75) is 56.9 Å². The summed E-state index contributed by atoms with van der Waals surface area (Å²) < 4.78 is 32.5. The second kappa shape index (κ2) is 14.9. The molecule has 0 radical (unpaired) electrons. The van der Waals surface area contributed by atoms with E-state index in [9.17, 15) is 0 Å². The van der Waals surface area contributed by atoms with Crippen molar-refractivity contribution in [3.63, 3.8) is 0 Å². The van der Waals surface area contributed by atoms with Gasteiger partial charge in [-0.2, -0.15) is 5.06 Å². The minimum Gasteiger partial charge on any atom is -0.497 e. The number of likely N-dealkylation sites (N-methyl/N-ethyl adjacent to an activating group) is 1. The van der Waals surface area contributed by atoms with Crippen molar-refractivity contribution in [3.05, 3.63) is 138 Å². The lowest BCUT2D eigenvalue weighted by atomic mass is 9.77. The lowest BCUT2D eigenvalue weighted by Gasteiger charge is -2.48. The first-order valence-corrected chi connectivity index (χ1v) is 15.3. The highest BCUT2D eigenvalue weighted by Gasteiger charge is 2.57. The summed E-state index contributed by atoms with van der Waals surface area (Å²) in [6.45, 7) is 2.25. The number of hydrogen-bond acceptors (Lipinski definition) is 7. The number of fused-ring (bicyclic) bond motifs is 1. The van der Waals surface area contributed by atoms with E-state index in [0.717, 1.165) is 28.0 Å². The van der Waals surface area contributed by atoms with Gasteiger partial charge in [0.25, 0.3) is 0 Å². The smallest absolute Gasteiger partial charge is 0.118 e. The standard InChI is InChI=1S/C37H41NO6/c1-38-33-32(26-44-38)34(40-22-27-12-6-3-7-13-27)36(42-23-28-14-8-4-9-15-28)37(43-24-29-16-10-5-11-17-29)35(33)41-25-30-18-20-31(39-2)21-19-30/h3-21,32-37H,22-26H2,1-2H3/t32-,33-,34+,35+,36-,37-/m1/s1. The molecule has 4 aromatic carbocycles. The highest BCUT2D eigenvalue weighted by Crippen LogP contribution is 2.41. The molecule has 6 atom stereocenters. The molecule has 0 amide bonds. The maximum absolute atomic E-state index is 6.81. The molecule has 6 rings (SSSR count). The maximum Gasteiger partial charge on any atom is 0.118 e. The summed E-state index contributed by atoms with van der Waals surface area (Å²) in [4.78, 5) is 6.16. The van der Waals surface area contributed by atoms with Crippen LogP contribution in [0.3, 0.4) is 0 Å². The third kappa shape index (κ3) is 7.38. The first kappa shape index (κ1) is 30.5. The molecule has 44 heavy (non-hydrogen) atoms. The highest BCUT2D eigenvalue weighted by atomic mass is 16.7. The normalized spacial score (nSPS) is 25.0. The molecule has 1 saturated heterocycles. The molecule has 4 aromatic rings. The van der Waals surface area contributed by atoms with Crippen LogP contribution < -0.4 is 4.74 Å². The average molecular weight is 596 g/mol. The number of hydrogen-bond donors (Lipinski definition) is 0. The number of rotatable bonds is 13. The van der Waals surface area contributed by atoms with E-state index in [-0.39, 0.29) is 24.2 Å². The molecule has 7 heteroatoms. The zero-order valence-corrected chi connectivity index (χ0v) is 25.4. The summed E-state index contributed by atoms with van der Waals surface area (Å²) in [5, 5.41) is 1.93. The van der Waals surface area contributed by atoms with E-state index < -0.39 is 12.2 Å². The van der Waals surface area contributed by atoms with Gasteiger partial charge in [0.15, 0.2) is 0 Å². The average Bonchev–Trinajstić information content (AvgIpc) is 3.47. The summed E-state index contributed by atoms with van der Waals surface area (Å²) >= 11 is 0. The lowest BCUT2D eigenvalue weighted by Crippen LogP contribution is -2.65. The van der Waals surface area contributed by atoms with E-state index in [2.05, 4.69) is 36.4 Å². The number of nitrogens with zero attached hydrogens (tertiary/aromatic N) is 1. The molecular formula is C37H41NO6. The molecule has 0 bridgehead atoms. The van der Waals surface area contributed by atoms with Crippen molar-refractivity contribution < 1.29 is 28.5 Å². The van der Waals surface area contributed by atoms with Gasteiger partial charge < -0.3 is 23.7 Å². The molecule has 1 heterocycles. The van der Waals surface area contributed by atoms with Crippen LogP contribution in [0.4, 0.5) is 0 Å². The molecule has 0 aromatic heterocycles. The molecule has 1 saturated carbocycles. The van der Waals surface area contributed by atoms with Crippen LogP contribution in [-0.4, -0.2) is 56.3 Å². The van der Waals surface area contributed by atoms with Crippen LogP contribution in [-0.2, 0) is 50.2 Å². The predicted octanol–water partition coefficient (Wildman–Crippen LogP) is 6.21. The Balaban J connectivity index is 1.32. The van der Waals surface area contributed by atoms with Crippen molar-refractivity contribution in [1.82, 2.24) is 5.06 Å². The van der Waals surface area contributed by atoms with Crippen LogP contribution in [0.25, 0.3) is 0 Å². The molecule has 0 N–H and O–H groups in total. The van der Waals surface area contributed by atoms with Gasteiger partial charge >= 0.3 is 0 Å². The van der Waals surface area contributed by atoms with Crippen LogP contribution in [0.15, 0.2) is 115 Å². The van der Waals surface area contributed by atoms with Crippen molar-refractivity contribution in [2.24, 2.45) is 5.92 Å². The van der Waals surface area contributed by atoms with Crippen molar-refractivity contribution >= 4 is 0 Å². The first-order valence-electron chi connectivity index (χ1n) is 15.3. The van der Waals surface area contributed by atoms with Crippen LogP contribution in [0.1, 0.15) is 22.3 Å². The van der Waals surface area contributed by atoms with E-state index in [0.29, 0.717) is 33.0 Å². The van der Waals surface area contributed by atoms with Gasteiger partial charge in [0.1, 0.15) is 24.1 Å². The van der Waals surface area contributed by atoms with Gasteiger partial charge in [0, 0.05) is 13.0 Å². The molecule has 7 nitrogen and oxygen atoms in total. The van der Waals surface area contributed by atoms with Crippen LogP contribution in [0.2, 0.25) is 0 Å². The fraction of sp³-hybridized carbons (Fsp3) is 0.351. The summed E-state index contributed by atoms with van der Waals surface area (Å²) in [5.74, 6) is 0.828. The monoisotopic (exact) mass is 595 g/mol. The van der Waals surface area contributed by atoms with Gasteiger partial charge in [-0.25, -0.2) is 0 Å². The molecule has 2 aliphatic rings. The van der Waals surface area contributed by atoms with E-state index >= 15 is 0 Å². The first-order chi connectivity index (χ1) is 21.7. The minimum absolute atomic E-state index is 0.0157. The zero-order chi connectivity index (χ0) is 30.1. The molecule has 0 unspecified atom stereocenters. The van der Waals surface area contributed by atoms with Gasteiger partial charge in [-0.1, -0.05) is 103 Å². The van der Waals surface area contributed by atoms with Crippen molar-refractivity contribution in [3.8, 4) is 5.75 Å². The molecular weight excluding hydrogens is 554 g/mol. The van der Waals surface area contributed by atoms with Gasteiger partial charge in [0.2, 0.25) is 0 Å². The number of benzene rings is 4. The third-order valence-electron chi connectivity index (χ3n) is 8.52. The molecule has 1 aliphatic heterocycles. The van der Waals surface area contributed by atoms with E-state index in [1.807, 2.05) is 91.0 Å². The van der Waals surface area contributed by atoms with Crippen LogP contribution in [0, 0.1) is 5.92 Å². The summed E-state index contributed by atoms with van der Waals surface area (Å²) in [6.07, 6.45) is -1.45. The van der Waals surface area contributed by atoms with E-state index in [1.165, 1.54) is 0 Å². The molecule has 0 spiro atoms. The fourth-order valence-corrected chi connectivity index (χ4v) is 6.22. The second-order valence-electron chi connectivity index (χ2n) is 11.4. The largest absolute Gasteiger partial charge is 0.497 e. The van der Waals surface area contributed by atoms with Crippen LogP contribution >= 0.6 is 0 Å². The Morgan fingerprint density at radius 2 is 0.955 bits per heavy atom. The van der Waals surface area contributed by atoms with Crippen LogP contribution in [0.5, 0.6) is 5.75 Å². The Hall–Kier alpha value is -3.56. The minimum atomic E-state index is -0.427. The maximum atomic E-state index is 6.81. The molecule has 2 fully saturated rings. The van der Waals surface area contributed by atoms with E-state index in [1.54, 1.807) is 7.11 Å². The van der Waals surface area contributed by atoms with Gasteiger partial charge in [0.05, 0.1) is 52.3 Å². The Kier molecular flexibility index (Phi) is 10.3. The molecule has 230 valence electrons. The number of methoxy groups -OCH3 is 1. The Labute approximate surface area is 260 Å². The Morgan fingerprint density at radius 1 is 0.545 bits per heavy atom.